The number of hydrogen-bond donors (Lipinski definition) is 0. The molecular weight excluding hydrogens is 387 g/mol. The molecule has 1 aromatic heterocycles. The number of nitrogens with zero attached hydrogens (tertiary/aromatic N) is 2. The van der Waals surface area contributed by atoms with Crippen molar-refractivity contribution < 1.29 is 13.9 Å². The van der Waals surface area contributed by atoms with Gasteiger partial charge in [-0.05, 0) is 55.7 Å². The quantitative estimate of drug-likeness (QED) is 0.598. The summed E-state index contributed by atoms with van der Waals surface area (Å²) in [5, 5.41) is 1.21. The van der Waals surface area contributed by atoms with Crippen LogP contribution in [0, 0.1) is 12.7 Å². The molecule has 0 N–H and O–H groups in total. The topological polar surface area (TPSA) is 42.4 Å². The van der Waals surface area contributed by atoms with Crippen molar-refractivity contribution in [3.05, 3.63) is 58.4 Å². The van der Waals surface area contributed by atoms with E-state index < -0.39 is 5.82 Å². The molecule has 1 amide bonds. The number of benzene rings is 2. The molecule has 4 nitrogen and oxygen atoms in total. The predicted molar refractivity (Wildman–Crippen MR) is 106 cm³/mol. The van der Waals surface area contributed by atoms with E-state index in [1.165, 1.54) is 29.5 Å². The van der Waals surface area contributed by atoms with Crippen molar-refractivity contribution >= 4 is 44.2 Å². The number of ether oxygens (including phenoxy) is 1. The third-order valence-corrected chi connectivity index (χ3v) is 5.84. The maximum Gasteiger partial charge on any atom is 0.260 e. The first kappa shape index (κ1) is 18.3. The fourth-order valence-corrected chi connectivity index (χ4v) is 4.70. The number of aromatic nitrogens is 1. The molecule has 4 rings (SSSR count). The number of anilines is 1. The molecule has 1 fully saturated rings. The normalized spacial score (nSPS) is 16.8. The summed E-state index contributed by atoms with van der Waals surface area (Å²) in [5.41, 5.74) is 2.07. The average Bonchev–Trinajstić information content (AvgIpc) is 3.28. The largest absolute Gasteiger partial charge is 0.376 e. The average molecular weight is 405 g/mol. The Hall–Kier alpha value is -2.02. The van der Waals surface area contributed by atoms with Gasteiger partial charge in [-0.25, -0.2) is 9.37 Å². The Kier molecular flexibility index (Phi) is 5.12. The summed E-state index contributed by atoms with van der Waals surface area (Å²) in [4.78, 5) is 19.4. The Labute approximate surface area is 165 Å². The van der Waals surface area contributed by atoms with Gasteiger partial charge in [0.2, 0.25) is 0 Å². The van der Waals surface area contributed by atoms with Crippen LogP contribution in [0.2, 0.25) is 5.02 Å². The SMILES string of the molecule is Cc1cc(Cl)cc2sc(N(CC3CCCO3)C(=O)c3cccc(F)c3)nc12. The van der Waals surface area contributed by atoms with Crippen molar-refractivity contribution in [2.45, 2.75) is 25.9 Å². The van der Waals surface area contributed by atoms with E-state index >= 15 is 0 Å². The van der Waals surface area contributed by atoms with Crippen LogP contribution in [0.4, 0.5) is 9.52 Å². The molecule has 0 bridgehead atoms. The molecule has 2 heterocycles. The highest BCUT2D eigenvalue weighted by Gasteiger charge is 2.27. The molecule has 0 radical (unpaired) electrons. The van der Waals surface area contributed by atoms with Gasteiger partial charge in [-0.2, -0.15) is 0 Å². The molecule has 27 heavy (non-hydrogen) atoms. The van der Waals surface area contributed by atoms with Crippen LogP contribution in [0.15, 0.2) is 36.4 Å². The summed E-state index contributed by atoms with van der Waals surface area (Å²) in [7, 11) is 0. The van der Waals surface area contributed by atoms with Crippen LogP contribution in [0.1, 0.15) is 28.8 Å². The summed E-state index contributed by atoms with van der Waals surface area (Å²) in [5.74, 6) is -0.724. The molecule has 1 unspecified atom stereocenters. The number of carbonyl (C=O) groups is 1. The van der Waals surface area contributed by atoms with Crippen LogP contribution in [0.25, 0.3) is 10.2 Å². The van der Waals surface area contributed by atoms with E-state index in [1.54, 1.807) is 11.0 Å². The minimum atomic E-state index is -0.440. The molecule has 1 aliphatic heterocycles. The summed E-state index contributed by atoms with van der Waals surface area (Å²) >= 11 is 7.57. The van der Waals surface area contributed by atoms with Crippen molar-refractivity contribution in [1.82, 2.24) is 4.98 Å². The molecule has 1 atom stereocenters. The molecule has 2 aromatic carbocycles. The molecule has 3 aromatic rings. The number of halogens is 2. The number of amides is 1. The van der Waals surface area contributed by atoms with E-state index in [4.69, 9.17) is 16.3 Å². The third kappa shape index (κ3) is 3.83. The fourth-order valence-electron chi connectivity index (χ4n) is 3.28. The second kappa shape index (κ2) is 7.54. The molecule has 7 heteroatoms. The zero-order valence-corrected chi connectivity index (χ0v) is 16.3. The van der Waals surface area contributed by atoms with Gasteiger partial charge in [-0.15, -0.1) is 0 Å². The maximum atomic E-state index is 13.6. The Bertz CT molecular complexity index is 1000. The lowest BCUT2D eigenvalue weighted by Gasteiger charge is -2.23. The minimum Gasteiger partial charge on any atom is -0.376 e. The highest BCUT2D eigenvalue weighted by molar-refractivity contribution is 7.22. The third-order valence-electron chi connectivity index (χ3n) is 4.60. The minimum absolute atomic E-state index is 0.0424. The Morgan fingerprint density at radius 3 is 3.00 bits per heavy atom. The van der Waals surface area contributed by atoms with Crippen LogP contribution in [0.5, 0.6) is 0 Å². The van der Waals surface area contributed by atoms with Gasteiger partial charge in [0.25, 0.3) is 5.91 Å². The Balaban J connectivity index is 1.75. The van der Waals surface area contributed by atoms with Crippen LogP contribution in [-0.2, 0) is 4.74 Å². The van der Waals surface area contributed by atoms with Crippen LogP contribution >= 0.6 is 22.9 Å². The lowest BCUT2D eigenvalue weighted by Crippen LogP contribution is -2.37. The van der Waals surface area contributed by atoms with Crippen LogP contribution in [-0.4, -0.2) is 30.1 Å². The van der Waals surface area contributed by atoms with Gasteiger partial charge in [0, 0.05) is 17.2 Å². The zero-order valence-electron chi connectivity index (χ0n) is 14.7. The van der Waals surface area contributed by atoms with Crippen LogP contribution < -0.4 is 4.90 Å². The number of carbonyl (C=O) groups excluding carboxylic acids is 1. The van der Waals surface area contributed by atoms with Gasteiger partial charge < -0.3 is 4.74 Å². The van der Waals surface area contributed by atoms with E-state index in [0.717, 1.165) is 28.6 Å². The second-order valence-corrected chi connectivity index (χ2v) is 8.07. The van der Waals surface area contributed by atoms with E-state index in [2.05, 4.69) is 4.98 Å². The lowest BCUT2D eigenvalue weighted by molar-refractivity contribution is 0.0917. The van der Waals surface area contributed by atoms with Gasteiger partial charge in [0.1, 0.15) is 5.82 Å². The van der Waals surface area contributed by atoms with Gasteiger partial charge in [-0.1, -0.05) is 29.0 Å². The monoisotopic (exact) mass is 404 g/mol. The molecule has 0 aliphatic carbocycles. The van der Waals surface area contributed by atoms with E-state index in [-0.39, 0.29) is 12.0 Å². The first-order valence-electron chi connectivity index (χ1n) is 8.77. The van der Waals surface area contributed by atoms with E-state index in [1.807, 2.05) is 19.1 Å². The van der Waals surface area contributed by atoms with Crippen molar-refractivity contribution in [3.63, 3.8) is 0 Å². The number of aryl methyl sites for hydroxylation is 1. The van der Waals surface area contributed by atoms with Crippen molar-refractivity contribution in [3.8, 4) is 0 Å². The Morgan fingerprint density at radius 2 is 2.26 bits per heavy atom. The predicted octanol–water partition coefficient (Wildman–Crippen LogP) is 5.22. The molecule has 1 aliphatic rings. The van der Waals surface area contributed by atoms with Crippen molar-refractivity contribution in [2.75, 3.05) is 18.1 Å². The maximum absolute atomic E-state index is 13.6. The first-order chi connectivity index (χ1) is 13.0. The summed E-state index contributed by atoms with van der Waals surface area (Å²) in [6.45, 7) is 3.03. The number of thiazole rings is 1. The number of hydrogen-bond acceptors (Lipinski definition) is 4. The summed E-state index contributed by atoms with van der Waals surface area (Å²) in [6, 6.07) is 9.43. The van der Waals surface area contributed by atoms with E-state index in [0.29, 0.717) is 28.9 Å². The van der Waals surface area contributed by atoms with Gasteiger partial charge in [-0.3, -0.25) is 9.69 Å². The van der Waals surface area contributed by atoms with E-state index in [9.17, 15) is 9.18 Å². The van der Waals surface area contributed by atoms with Gasteiger partial charge in [0.05, 0.1) is 22.9 Å². The van der Waals surface area contributed by atoms with Gasteiger partial charge in [0.15, 0.2) is 5.13 Å². The molecule has 0 spiro atoms. The summed E-state index contributed by atoms with van der Waals surface area (Å²) < 4.78 is 20.3. The van der Waals surface area contributed by atoms with Crippen molar-refractivity contribution in [2.24, 2.45) is 0 Å². The van der Waals surface area contributed by atoms with Crippen molar-refractivity contribution in [1.29, 1.82) is 0 Å². The fraction of sp³-hybridized carbons (Fsp3) is 0.300. The zero-order chi connectivity index (χ0) is 19.0. The Morgan fingerprint density at radius 1 is 1.41 bits per heavy atom. The number of fused-ring (bicyclic) bond motifs is 1. The highest BCUT2D eigenvalue weighted by Crippen LogP contribution is 2.34. The van der Waals surface area contributed by atoms with Gasteiger partial charge >= 0.3 is 0 Å². The van der Waals surface area contributed by atoms with Crippen LogP contribution in [0.3, 0.4) is 0 Å². The highest BCUT2D eigenvalue weighted by atomic mass is 35.5. The lowest BCUT2D eigenvalue weighted by atomic mass is 10.1. The number of rotatable bonds is 4. The smallest absolute Gasteiger partial charge is 0.260 e. The standard InChI is InChI=1S/C20H18ClFN2O2S/c1-12-8-14(21)10-17-18(12)23-20(27-17)24(11-16-6-3-7-26-16)19(25)13-4-2-5-15(22)9-13/h2,4-5,8-10,16H,3,6-7,11H2,1H3. The molecule has 1 saturated heterocycles. The molecule has 0 saturated carbocycles. The molecule has 140 valence electrons. The first-order valence-corrected chi connectivity index (χ1v) is 9.96. The molecular formula is C20H18ClFN2O2S. The second-order valence-electron chi connectivity index (χ2n) is 6.63. The summed E-state index contributed by atoms with van der Waals surface area (Å²) in [6.07, 6.45) is 1.82.